The minimum absolute atomic E-state index is 0. The third-order valence-electron chi connectivity index (χ3n) is 1.98. The van der Waals surface area contributed by atoms with Crippen LogP contribution in [0.4, 0.5) is 0 Å². The Balaban J connectivity index is 0. The van der Waals surface area contributed by atoms with Gasteiger partial charge in [-0.25, -0.2) is 9.59 Å². The molecule has 0 heterocycles. The van der Waals surface area contributed by atoms with Crippen LogP contribution in [0.1, 0.15) is 25.7 Å². The zero-order chi connectivity index (χ0) is 18.5. The number of hydrogen-bond donors (Lipinski definition) is 6. The highest BCUT2D eigenvalue weighted by atomic mass is 35.5. The molecule has 0 spiro atoms. The van der Waals surface area contributed by atoms with E-state index < -0.39 is 23.9 Å². The summed E-state index contributed by atoms with van der Waals surface area (Å²) in [5, 5.41) is 6.38. The van der Waals surface area contributed by atoms with E-state index in [1.54, 1.807) is 0 Å². The number of unbranched alkanes of at least 4 members (excludes halogenated alkanes) is 1. The lowest BCUT2D eigenvalue weighted by Gasteiger charge is -2.00. The second-order valence-electron chi connectivity index (χ2n) is 4.11. The van der Waals surface area contributed by atoms with Gasteiger partial charge in [0.15, 0.2) is 11.9 Å². The molecule has 0 radical (unpaired) electrons. The van der Waals surface area contributed by atoms with Crippen molar-refractivity contribution in [1.29, 1.82) is 0 Å². The quantitative estimate of drug-likeness (QED) is 0.0859. The predicted molar refractivity (Wildman–Crippen MR) is 92.8 cm³/mol. The molecule has 14 nitrogen and oxygen atoms in total. The Morgan fingerprint density at radius 1 is 0.680 bits per heavy atom. The molecular formula is C10H21ClN10O4. The lowest BCUT2D eigenvalue weighted by molar-refractivity contribution is -0.145. The van der Waals surface area contributed by atoms with Gasteiger partial charge < -0.3 is 44.1 Å². The zero-order valence-electron chi connectivity index (χ0n) is 13.1. The summed E-state index contributed by atoms with van der Waals surface area (Å²) in [6.45, 7) is 0. The number of hydrogen-bond acceptors (Lipinski definition) is 6. The van der Waals surface area contributed by atoms with E-state index in [1.165, 1.54) is 0 Å². The van der Waals surface area contributed by atoms with Crippen molar-refractivity contribution in [2.24, 2.45) is 54.7 Å². The maximum Gasteiger partial charge on any atom is 0.335 e. The predicted octanol–water partition coefficient (Wildman–Crippen LogP) is -2.94. The van der Waals surface area contributed by atoms with Crippen LogP contribution >= 0.6 is 12.4 Å². The average Bonchev–Trinajstić information content (AvgIpc) is 2.46. The first kappa shape index (κ1) is 24.0. The Kier molecular flexibility index (Phi) is 12.6. The third-order valence-corrected chi connectivity index (χ3v) is 1.98. The Labute approximate surface area is 148 Å². The second kappa shape index (κ2) is 13.2. The molecule has 0 aromatic heterocycles. The molecule has 0 aliphatic rings. The number of carbonyl (C=O) groups is 2. The van der Waals surface area contributed by atoms with Gasteiger partial charge in [0.25, 0.3) is 11.9 Å². The molecule has 0 rings (SSSR count). The molecule has 0 aromatic carbocycles. The molecule has 0 aliphatic heterocycles. The van der Waals surface area contributed by atoms with Crippen molar-refractivity contribution < 1.29 is 19.3 Å². The van der Waals surface area contributed by atoms with Gasteiger partial charge in [-0.2, -0.15) is 9.98 Å². The maximum absolute atomic E-state index is 11.3. The maximum atomic E-state index is 11.3. The fourth-order valence-electron chi connectivity index (χ4n) is 1.13. The standard InChI is InChI=1S/C10H20N10O4.ClH/c11-7(12)17-9(15)19-23-5(21)3-1-2-4-6(22)24-20-10(16)18-8(13)14;/h1-4H2,(H6,11,12,15,17,19)(H6,13,14,16,18,20);1H. The zero-order valence-corrected chi connectivity index (χ0v) is 13.9. The lowest BCUT2D eigenvalue weighted by atomic mass is 10.2. The van der Waals surface area contributed by atoms with Gasteiger partial charge in [-0.05, 0) is 23.2 Å². The Hall–Kier alpha value is -3.29. The number of oxime groups is 2. The Morgan fingerprint density at radius 2 is 1.00 bits per heavy atom. The van der Waals surface area contributed by atoms with E-state index >= 15 is 0 Å². The van der Waals surface area contributed by atoms with Gasteiger partial charge in [0.05, 0.1) is 0 Å². The number of carbonyl (C=O) groups excluding carboxylic acids is 2. The summed E-state index contributed by atoms with van der Waals surface area (Å²) in [5.74, 6) is -2.80. The first-order chi connectivity index (χ1) is 11.2. The first-order valence-corrected chi connectivity index (χ1v) is 6.46. The van der Waals surface area contributed by atoms with Crippen molar-refractivity contribution in [3.8, 4) is 0 Å². The van der Waals surface area contributed by atoms with Crippen LogP contribution in [0.5, 0.6) is 0 Å². The van der Waals surface area contributed by atoms with E-state index in [9.17, 15) is 9.59 Å². The number of halogens is 1. The van der Waals surface area contributed by atoms with Crippen LogP contribution in [0.15, 0.2) is 20.3 Å². The molecule has 0 amide bonds. The topological polar surface area (TPSA) is 258 Å². The van der Waals surface area contributed by atoms with Gasteiger partial charge in [0.2, 0.25) is 0 Å². The minimum atomic E-state index is -0.674. The van der Waals surface area contributed by atoms with Gasteiger partial charge in [-0.15, -0.1) is 12.4 Å². The molecule has 25 heavy (non-hydrogen) atoms. The Morgan fingerprint density at radius 3 is 1.28 bits per heavy atom. The average molecular weight is 381 g/mol. The van der Waals surface area contributed by atoms with Crippen molar-refractivity contribution >= 4 is 48.2 Å². The third kappa shape index (κ3) is 15.4. The van der Waals surface area contributed by atoms with Gasteiger partial charge in [0.1, 0.15) is 0 Å². The van der Waals surface area contributed by atoms with Gasteiger partial charge >= 0.3 is 11.9 Å². The van der Waals surface area contributed by atoms with E-state index in [-0.39, 0.29) is 37.2 Å². The molecule has 142 valence electrons. The van der Waals surface area contributed by atoms with E-state index in [0.717, 1.165) is 0 Å². The molecule has 0 atom stereocenters. The normalized spacial score (nSPS) is 10.9. The summed E-state index contributed by atoms with van der Waals surface area (Å²) in [6.07, 6.45) is 0.647. The van der Waals surface area contributed by atoms with Crippen LogP contribution in [-0.2, 0) is 19.3 Å². The van der Waals surface area contributed by atoms with Crippen LogP contribution in [0.2, 0.25) is 0 Å². The molecular weight excluding hydrogens is 360 g/mol. The number of rotatable bonds is 7. The first-order valence-electron chi connectivity index (χ1n) is 6.46. The van der Waals surface area contributed by atoms with Crippen molar-refractivity contribution in [1.82, 2.24) is 0 Å². The fraction of sp³-hybridized carbons (Fsp3) is 0.400. The summed E-state index contributed by atoms with van der Waals surface area (Å²) in [4.78, 5) is 38.2. The van der Waals surface area contributed by atoms with Crippen LogP contribution in [0.25, 0.3) is 0 Å². The number of guanidine groups is 4. The molecule has 12 N–H and O–H groups in total. The highest BCUT2D eigenvalue weighted by Gasteiger charge is 2.07. The molecule has 0 bridgehead atoms. The highest BCUT2D eigenvalue weighted by molar-refractivity contribution is 5.93. The van der Waals surface area contributed by atoms with Gasteiger partial charge in [-0.1, -0.05) is 0 Å². The molecule has 0 unspecified atom stereocenters. The second-order valence-corrected chi connectivity index (χ2v) is 4.11. The van der Waals surface area contributed by atoms with Crippen molar-refractivity contribution in [3.63, 3.8) is 0 Å². The number of nitrogens with zero attached hydrogens (tertiary/aromatic N) is 4. The SMILES string of the molecule is Cl.NC(N)=NC(N)=NOC(=O)CCCCC(=O)ON=C(N)N=C(N)N. The summed E-state index contributed by atoms with van der Waals surface area (Å²) in [7, 11) is 0. The van der Waals surface area contributed by atoms with Crippen LogP contribution < -0.4 is 34.4 Å². The number of aliphatic imine (C=N–C) groups is 2. The molecule has 0 saturated heterocycles. The van der Waals surface area contributed by atoms with Crippen LogP contribution in [0.3, 0.4) is 0 Å². The highest BCUT2D eigenvalue weighted by Crippen LogP contribution is 2.03. The fourth-order valence-corrected chi connectivity index (χ4v) is 1.13. The van der Waals surface area contributed by atoms with Crippen molar-refractivity contribution in [2.45, 2.75) is 25.7 Å². The molecule has 0 aliphatic carbocycles. The van der Waals surface area contributed by atoms with Gasteiger partial charge in [-0.3, -0.25) is 0 Å². The Bertz CT molecular complexity index is 516. The molecule has 15 heteroatoms. The summed E-state index contributed by atoms with van der Waals surface area (Å²) in [5.41, 5.74) is 30.6. The van der Waals surface area contributed by atoms with Crippen molar-refractivity contribution in [3.05, 3.63) is 0 Å². The summed E-state index contributed by atoms with van der Waals surface area (Å²) >= 11 is 0. The lowest BCUT2D eigenvalue weighted by Crippen LogP contribution is -2.26. The monoisotopic (exact) mass is 380 g/mol. The molecule has 0 fully saturated rings. The number of nitrogens with two attached hydrogens (primary N) is 6. The summed E-state index contributed by atoms with van der Waals surface area (Å²) in [6, 6.07) is 0. The van der Waals surface area contributed by atoms with Gasteiger partial charge in [0, 0.05) is 12.8 Å². The van der Waals surface area contributed by atoms with E-state index in [2.05, 4.69) is 30.0 Å². The minimum Gasteiger partial charge on any atom is -0.370 e. The smallest absolute Gasteiger partial charge is 0.335 e. The van der Waals surface area contributed by atoms with Crippen molar-refractivity contribution in [2.75, 3.05) is 0 Å². The van der Waals surface area contributed by atoms with E-state index in [0.29, 0.717) is 12.8 Å². The van der Waals surface area contributed by atoms with Crippen LogP contribution in [0, 0.1) is 0 Å². The molecule has 0 aromatic rings. The van der Waals surface area contributed by atoms with E-state index in [4.69, 9.17) is 34.4 Å². The molecule has 0 saturated carbocycles. The van der Waals surface area contributed by atoms with E-state index in [1.807, 2.05) is 0 Å². The largest absolute Gasteiger partial charge is 0.370 e. The van der Waals surface area contributed by atoms with Crippen LogP contribution in [-0.4, -0.2) is 35.8 Å². The summed E-state index contributed by atoms with van der Waals surface area (Å²) < 4.78 is 0.